The smallest absolute Gasteiger partial charge is 0.268 e. The van der Waals surface area contributed by atoms with Crippen LogP contribution in [0.5, 0.6) is 0 Å². The van der Waals surface area contributed by atoms with Crippen LogP contribution < -0.4 is 10.9 Å². The Balaban J connectivity index is 1.67. The zero-order chi connectivity index (χ0) is 20.0. The molecule has 0 aliphatic heterocycles. The number of nitrogens with zero attached hydrogens (tertiary/aromatic N) is 3. The molecule has 28 heavy (non-hydrogen) atoms. The lowest BCUT2D eigenvalue weighted by atomic mass is 10.2. The van der Waals surface area contributed by atoms with Crippen molar-refractivity contribution in [3.05, 3.63) is 62.9 Å². The lowest BCUT2D eigenvalue weighted by Gasteiger charge is -2.07. The number of nitrogens with one attached hydrogen (secondary N) is 2. The molecule has 0 atom stereocenters. The van der Waals surface area contributed by atoms with Crippen LogP contribution in [0.25, 0.3) is 21.5 Å². The number of carbonyl (C=O) groups is 1. The molecule has 142 valence electrons. The van der Waals surface area contributed by atoms with Crippen molar-refractivity contribution in [1.29, 1.82) is 0 Å². The van der Waals surface area contributed by atoms with Gasteiger partial charge in [-0.15, -0.1) is 11.3 Å². The molecule has 4 aromatic rings. The number of imidazole rings is 1. The van der Waals surface area contributed by atoms with E-state index >= 15 is 0 Å². The first-order valence-corrected chi connectivity index (χ1v) is 9.26. The highest BCUT2D eigenvalue weighted by Crippen LogP contribution is 2.28. The zero-order valence-electron chi connectivity index (χ0n) is 15.3. The summed E-state index contributed by atoms with van der Waals surface area (Å²) >= 11 is 1.17. The number of H-pyrrole nitrogens is 1. The quantitative estimate of drug-likeness (QED) is 0.554. The van der Waals surface area contributed by atoms with E-state index in [1.165, 1.54) is 23.5 Å². The maximum atomic E-state index is 13.1. The van der Waals surface area contributed by atoms with E-state index in [0.717, 1.165) is 11.3 Å². The van der Waals surface area contributed by atoms with E-state index in [-0.39, 0.29) is 17.3 Å². The van der Waals surface area contributed by atoms with E-state index in [0.29, 0.717) is 32.4 Å². The van der Waals surface area contributed by atoms with Crippen LogP contribution in [0.2, 0.25) is 0 Å². The molecular weight excluding hydrogens is 381 g/mol. The van der Waals surface area contributed by atoms with Crippen LogP contribution in [-0.2, 0) is 7.05 Å². The summed E-state index contributed by atoms with van der Waals surface area (Å²) in [7, 11) is 1.76. The number of fused-ring (bicyclic) bond motifs is 1. The van der Waals surface area contributed by atoms with Crippen LogP contribution in [-0.4, -0.2) is 25.4 Å². The molecule has 3 heterocycles. The number of carbonyl (C=O) groups excluding carboxylic acids is 1. The lowest BCUT2D eigenvalue weighted by molar-refractivity contribution is 0.102. The molecule has 0 saturated heterocycles. The van der Waals surface area contributed by atoms with E-state index in [2.05, 4.69) is 20.3 Å². The number of aryl methyl sites for hydroxylation is 2. The standard InChI is InChI=1S/C19H16FN5O2S/c1-9-14-16(26)22-10(2)23-18(14)28-15(9)17(27)24-19-21-8-13(25(19)3)11-4-6-12(20)7-5-11/h4-8H,1-3H3,(H,21,24,27)(H,22,23,26). The molecule has 9 heteroatoms. The van der Waals surface area contributed by atoms with Crippen LogP contribution in [0.1, 0.15) is 21.1 Å². The Morgan fingerprint density at radius 1 is 1.25 bits per heavy atom. The van der Waals surface area contributed by atoms with Gasteiger partial charge >= 0.3 is 0 Å². The van der Waals surface area contributed by atoms with Crippen LogP contribution >= 0.6 is 11.3 Å². The molecule has 0 fully saturated rings. The summed E-state index contributed by atoms with van der Waals surface area (Å²) in [6, 6.07) is 6.03. The van der Waals surface area contributed by atoms with Crippen molar-refractivity contribution in [3.63, 3.8) is 0 Å². The topological polar surface area (TPSA) is 92.7 Å². The average molecular weight is 397 g/mol. The van der Waals surface area contributed by atoms with Gasteiger partial charge in [-0.1, -0.05) is 0 Å². The molecule has 1 aromatic carbocycles. The van der Waals surface area contributed by atoms with Crippen molar-refractivity contribution in [3.8, 4) is 11.3 Å². The second-order valence-corrected chi connectivity index (χ2v) is 7.37. The van der Waals surface area contributed by atoms with Gasteiger partial charge in [0.15, 0.2) is 0 Å². The molecule has 2 N–H and O–H groups in total. The second-order valence-electron chi connectivity index (χ2n) is 6.37. The van der Waals surface area contributed by atoms with Crippen molar-refractivity contribution in [2.75, 3.05) is 5.32 Å². The van der Waals surface area contributed by atoms with Gasteiger partial charge in [-0.2, -0.15) is 0 Å². The summed E-state index contributed by atoms with van der Waals surface area (Å²) < 4.78 is 14.9. The van der Waals surface area contributed by atoms with Gasteiger partial charge in [0.1, 0.15) is 16.5 Å². The van der Waals surface area contributed by atoms with Gasteiger partial charge in [0.2, 0.25) is 5.95 Å². The largest absolute Gasteiger partial charge is 0.313 e. The van der Waals surface area contributed by atoms with E-state index in [4.69, 9.17) is 0 Å². The Hall–Kier alpha value is -3.33. The number of thiophene rings is 1. The number of rotatable bonds is 3. The Labute approximate surface area is 162 Å². The van der Waals surface area contributed by atoms with Crippen LogP contribution in [0.15, 0.2) is 35.3 Å². The Morgan fingerprint density at radius 3 is 2.68 bits per heavy atom. The third kappa shape index (κ3) is 2.99. The van der Waals surface area contributed by atoms with Gasteiger partial charge in [-0.05, 0) is 43.7 Å². The molecule has 4 rings (SSSR count). The Bertz CT molecular complexity index is 1270. The van der Waals surface area contributed by atoms with Crippen LogP contribution in [0.3, 0.4) is 0 Å². The van der Waals surface area contributed by atoms with Gasteiger partial charge in [0.25, 0.3) is 11.5 Å². The highest BCUT2D eigenvalue weighted by atomic mass is 32.1. The molecule has 0 aliphatic rings. The van der Waals surface area contributed by atoms with Crippen molar-refractivity contribution in [2.24, 2.45) is 7.05 Å². The molecule has 0 spiro atoms. The summed E-state index contributed by atoms with van der Waals surface area (Å²) in [5.74, 6) is 0.161. The first-order valence-electron chi connectivity index (χ1n) is 8.44. The Morgan fingerprint density at radius 2 is 1.96 bits per heavy atom. The predicted octanol–water partition coefficient (Wildman–Crippen LogP) is 3.39. The summed E-state index contributed by atoms with van der Waals surface area (Å²) in [5.41, 5.74) is 1.84. The fourth-order valence-corrected chi connectivity index (χ4v) is 4.16. The summed E-state index contributed by atoms with van der Waals surface area (Å²) in [4.78, 5) is 37.1. The van der Waals surface area contributed by atoms with E-state index in [9.17, 15) is 14.0 Å². The van der Waals surface area contributed by atoms with E-state index in [1.54, 1.807) is 43.8 Å². The lowest BCUT2D eigenvalue weighted by Crippen LogP contribution is -2.15. The van der Waals surface area contributed by atoms with Crippen LogP contribution in [0.4, 0.5) is 10.3 Å². The maximum absolute atomic E-state index is 13.1. The summed E-state index contributed by atoms with van der Waals surface area (Å²) in [6.07, 6.45) is 1.61. The molecule has 3 aromatic heterocycles. The number of benzene rings is 1. The number of aromatic amines is 1. The van der Waals surface area contributed by atoms with Gasteiger partial charge in [-0.25, -0.2) is 14.4 Å². The zero-order valence-corrected chi connectivity index (χ0v) is 16.1. The minimum atomic E-state index is -0.364. The molecule has 0 radical (unpaired) electrons. The highest BCUT2D eigenvalue weighted by Gasteiger charge is 2.20. The third-order valence-corrected chi connectivity index (χ3v) is 5.66. The molecule has 0 aliphatic carbocycles. The number of anilines is 1. The van der Waals surface area contributed by atoms with Crippen LogP contribution in [0, 0.1) is 19.7 Å². The fourth-order valence-electron chi connectivity index (χ4n) is 3.04. The minimum absolute atomic E-state index is 0.258. The number of hydrogen-bond donors (Lipinski definition) is 2. The van der Waals surface area contributed by atoms with E-state index in [1.807, 2.05) is 0 Å². The minimum Gasteiger partial charge on any atom is -0.313 e. The van der Waals surface area contributed by atoms with Crippen molar-refractivity contribution in [2.45, 2.75) is 13.8 Å². The third-order valence-electron chi connectivity index (χ3n) is 4.48. The second kappa shape index (κ2) is 6.68. The average Bonchev–Trinajstić information content (AvgIpc) is 3.16. The summed E-state index contributed by atoms with van der Waals surface area (Å²) in [5, 5.41) is 3.20. The number of hydrogen-bond acceptors (Lipinski definition) is 5. The van der Waals surface area contributed by atoms with Crippen molar-refractivity contribution in [1.82, 2.24) is 19.5 Å². The van der Waals surface area contributed by atoms with Gasteiger partial charge < -0.3 is 9.55 Å². The molecule has 0 unspecified atom stereocenters. The Kier molecular flexibility index (Phi) is 4.31. The highest BCUT2D eigenvalue weighted by molar-refractivity contribution is 7.20. The molecule has 7 nitrogen and oxygen atoms in total. The number of amides is 1. The maximum Gasteiger partial charge on any atom is 0.268 e. The number of halogens is 1. The molecule has 0 bridgehead atoms. The first kappa shape index (κ1) is 18.1. The van der Waals surface area contributed by atoms with Gasteiger partial charge in [-0.3, -0.25) is 14.9 Å². The molecule has 0 saturated carbocycles. The summed E-state index contributed by atoms with van der Waals surface area (Å²) in [6.45, 7) is 3.42. The van der Waals surface area contributed by atoms with E-state index < -0.39 is 0 Å². The normalized spacial score (nSPS) is 11.1. The predicted molar refractivity (Wildman–Crippen MR) is 106 cm³/mol. The SMILES string of the molecule is Cc1nc2sc(C(=O)Nc3ncc(-c4ccc(F)cc4)n3C)c(C)c2c(=O)[nH]1. The van der Waals surface area contributed by atoms with Gasteiger partial charge in [0, 0.05) is 12.6 Å². The first-order chi connectivity index (χ1) is 13.3. The van der Waals surface area contributed by atoms with Gasteiger partial charge in [0.05, 0.1) is 22.2 Å². The van der Waals surface area contributed by atoms with Crippen molar-refractivity contribution >= 4 is 33.4 Å². The fraction of sp³-hybridized carbons (Fsp3) is 0.158. The number of aromatic nitrogens is 4. The molecule has 1 amide bonds. The monoisotopic (exact) mass is 397 g/mol. The molecular formula is C19H16FN5O2S. The van der Waals surface area contributed by atoms with Crippen molar-refractivity contribution < 1.29 is 9.18 Å².